The van der Waals surface area contributed by atoms with Crippen molar-refractivity contribution in [1.29, 1.82) is 0 Å². The van der Waals surface area contributed by atoms with Crippen LogP contribution in [0, 0.1) is 11.8 Å². The molecule has 0 saturated heterocycles. The number of hydrogen-bond donors (Lipinski definition) is 2. The number of amides is 1. The van der Waals surface area contributed by atoms with Crippen LogP contribution in [-0.2, 0) is 16.6 Å². The summed E-state index contributed by atoms with van der Waals surface area (Å²) in [4.78, 5) is 23.1. The Kier molecular flexibility index (Phi) is 4.47. The van der Waals surface area contributed by atoms with E-state index in [1.54, 1.807) is 20.2 Å². The second kappa shape index (κ2) is 5.66. The molecule has 18 heavy (non-hydrogen) atoms. The highest BCUT2D eigenvalue weighted by Crippen LogP contribution is 2.15. The summed E-state index contributed by atoms with van der Waals surface area (Å²) >= 11 is 0. The first-order valence-electron chi connectivity index (χ1n) is 5.84. The van der Waals surface area contributed by atoms with Gasteiger partial charge in [0.25, 0.3) is 0 Å². The molecule has 1 amide bonds. The molecule has 0 aliphatic carbocycles. The summed E-state index contributed by atoms with van der Waals surface area (Å²) in [5.41, 5.74) is 0.467. The minimum Gasteiger partial charge on any atom is -0.479 e. The minimum atomic E-state index is -1.09. The van der Waals surface area contributed by atoms with E-state index in [-0.39, 0.29) is 17.7 Å². The first kappa shape index (κ1) is 14.2. The molecule has 0 aromatic carbocycles. The highest BCUT2D eigenvalue weighted by atomic mass is 16.4. The Bertz CT molecular complexity index is 440. The molecular formula is C12H19N3O3. The molecule has 0 spiro atoms. The van der Waals surface area contributed by atoms with E-state index in [4.69, 9.17) is 5.11 Å². The molecule has 1 heterocycles. The Balaban J connectivity index is 2.82. The van der Waals surface area contributed by atoms with Crippen LogP contribution >= 0.6 is 0 Å². The first-order valence-corrected chi connectivity index (χ1v) is 5.84. The molecule has 6 heteroatoms. The highest BCUT2D eigenvalue weighted by Gasteiger charge is 2.26. The zero-order valence-electron chi connectivity index (χ0n) is 11.0. The maximum Gasteiger partial charge on any atom is 0.331 e. The lowest BCUT2D eigenvalue weighted by molar-refractivity contribution is -0.142. The van der Waals surface area contributed by atoms with Crippen molar-refractivity contribution in [3.05, 3.63) is 18.0 Å². The highest BCUT2D eigenvalue weighted by molar-refractivity contribution is 5.85. The Morgan fingerprint density at radius 1 is 1.39 bits per heavy atom. The van der Waals surface area contributed by atoms with Crippen LogP contribution < -0.4 is 5.32 Å². The van der Waals surface area contributed by atoms with Crippen molar-refractivity contribution < 1.29 is 14.7 Å². The van der Waals surface area contributed by atoms with Crippen molar-refractivity contribution >= 4 is 11.9 Å². The minimum absolute atomic E-state index is 0.161. The van der Waals surface area contributed by atoms with Gasteiger partial charge in [-0.05, 0) is 5.92 Å². The SMILES string of the molecule is CC(C)C(C)C(=O)NC(C(=O)O)c1cnn(C)c1. The number of carbonyl (C=O) groups is 2. The maximum atomic E-state index is 11.9. The number of aryl methyl sites for hydroxylation is 1. The molecule has 2 atom stereocenters. The molecule has 0 aliphatic heterocycles. The normalized spacial score (nSPS) is 14.3. The summed E-state index contributed by atoms with van der Waals surface area (Å²) in [7, 11) is 1.70. The van der Waals surface area contributed by atoms with Crippen LogP contribution in [0.1, 0.15) is 32.4 Å². The van der Waals surface area contributed by atoms with E-state index in [9.17, 15) is 9.59 Å². The number of hydrogen-bond acceptors (Lipinski definition) is 3. The van der Waals surface area contributed by atoms with Crippen LogP contribution in [0.15, 0.2) is 12.4 Å². The predicted molar refractivity (Wildman–Crippen MR) is 65.7 cm³/mol. The van der Waals surface area contributed by atoms with Gasteiger partial charge in [-0.2, -0.15) is 5.10 Å². The van der Waals surface area contributed by atoms with Gasteiger partial charge in [-0.15, -0.1) is 0 Å². The van der Waals surface area contributed by atoms with Gasteiger partial charge in [-0.3, -0.25) is 9.48 Å². The fourth-order valence-electron chi connectivity index (χ4n) is 1.45. The lowest BCUT2D eigenvalue weighted by Crippen LogP contribution is -2.38. The summed E-state index contributed by atoms with van der Waals surface area (Å²) in [5, 5.41) is 15.6. The Hall–Kier alpha value is -1.85. The molecule has 1 aromatic heterocycles. The second-order valence-electron chi connectivity index (χ2n) is 4.76. The first-order chi connectivity index (χ1) is 8.32. The third-order valence-electron chi connectivity index (χ3n) is 3.01. The second-order valence-corrected chi connectivity index (χ2v) is 4.76. The topological polar surface area (TPSA) is 84.2 Å². The smallest absolute Gasteiger partial charge is 0.331 e. The monoisotopic (exact) mass is 253 g/mol. The lowest BCUT2D eigenvalue weighted by Gasteiger charge is -2.19. The van der Waals surface area contributed by atoms with E-state index in [0.29, 0.717) is 5.56 Å². The summed E-state index contributed by atoms with van der Waals surface area (Å²) < 4.78 is 1.50. The van der Waals surface area contributed by atoms with Crippen LogP contribution in [0.5, 0.6) is 0 Å². The summed E-state index contributed by atoms with van der Waals surface area (Å²) in [6, 6.07) is -1.05. The number of aromatic nitrogens is 2. The maximum absolute atomic E-state index is 11.9. The van der Waals surface area contributed by atoms with Gasteiger partial charge in [0, 0.05) is 24.7 Å². The average Bonchev–Trinajstić information content (AvgIpc) is 2.70. The molecule has 1 aromatic rings. The molecule has 100 valence electrons. The fourth-order valence-corrected chi connectivity index (χ4v) is 1.45. The summed E-state index contributed by atoms with van der Waals surface area (Å²) in [5.74, 6) is -1.43. The van der Waals surface area contributed by atoms with Crippen LogP contribution in [0.3, 0.4) is 0 Å². The number of aliphatic carboxylic acids is 1. The van der Waals surface area contributed by atoms with E-state index in [1.807, 2.05) is 13.8 Å². The number of carboxylic acids is 1. The molecule has 0 radical (unpaired) electrons. The molecule has 6 nitrogen and oxygen atoms in total. The Labute approximate surface area is 106 Å². The summed E-state index contributed by atoms with van der Waals surface area (Å²) in [6.45, 7) is 5.62. The standard InChI is InChI=1S/C12H19N3O3/c1-7(2)8(3)11(16)14-10(12(17)18)9-5-13-15(4)6-9/h5-8,10H,1-4H3,(H,14,16)(H,17,18). The Morgan fingerprint density at radius 3 is 2.39 bits per heavy atom. The van der Waals surface area contributed by atoms with Gasteiger partial charge in [0.1, 0.15) is 0 Å². The van der Waals surface area contributed by atoms with Crippen molar-refractivity contribution in [1.82, 2.24) is 15.1 Å². The van der Waals surface area contributed by atoms with Gasteiger partial charge in [-0.25, -0.2) is 4.79 Å². The third kappa shape index (κ3) is 3.32. The number of carboxylic acid groups (broad SMARTS) is 1. The zero-order valence-corrected chi connectivity index (χ0v) is 11.0. The summed E-state index contributed by atoms with van der Waals surface area (Å²) in [6.07, 6.45) is 3.03. The third-order valence-corrected chi connectivity index (χ3v) is 3.01. The van der Waals surface area contributed by atoms with Crippen LogP contribution in [0.4, 0.5) is 0 Å². The van der Waals surface area contributed by atoms with Crippen LogP contribution in [0.2, 0.25) is 0 Å². The number of nitrogens with one attached hydrogen (secondary N) is 1. The molecule has 1 rings (SSSR count). The van der Waals surface area contributed by atoms with Crippen molar-refractivity contribution in [2.75, 3.05) is 0 Å². The van der Waals surface area contributed by atoms with Crippen LogP contribution in [-0.4, -0.2) is 26.8 Å². The van der Waals surface area contributed by atoms with Crippen molar-refractivity contribution in [3.8, 4) is 0 Å². The molecule has 0 aliphatic rings. The predicted octanol–water partition coefficient (Wildman–Crippen LogP) is 0.954. The van der Waals surface area contributed by atoms with Gasteiger partial charge >= 0.3 is 5.97 Å². The largest absolute Gasteiger partial charge is 0.479 e. The molecular weight excluding hydrogens is 234 g/mol. The van der Waals surface area contributed by atoms with Crippen molar-refractivity contribution in [2.24, 2.45) is 18.9 Å². The van der Waals surface area contributed by atoms with E-state index in [2.05, 4.69) is 10.4 Å². The van der Waals surface area contributed by atoms with E-state index >= 15 is 0 Å². The quantitative estimate of drug-likeness (QED) is 0.818. The van der Waals surface area contributed by atoms with Crippen molar-refractivity contribution in [3.63, 3.8) is 0 Å². The van der Waals surface area contributed by atoms with Gasteiger partial charge in [0.05, 0.1) is 6.20 Å². The zero-order chi connectivity index (χ0) is 13.9. The molecule has 0 bridgehead atoms. The van der Waals surface area contributed by atoms with Gasteiger partial charge in [-0.1, -0.05) is 20.8 Å². The van der Waals surface area contributed by atoms with E-state index < -0.39 is 12.0 Å². The van der Waals surface area contributed by atoms with Gasteiger partial charge in [0.15, 0.2) is 6.04 Å². The molecule has 0 saturated carbocycles. The number of carbonyl (C=O) groups excluding carboxylic acids is 1. The van der Waals surface area contributed by atoms with E-state index in [1.165, 1.54) is 10.9 Å². The van der Waals surface area contributed by atoms with Gasteiger partial charge in [0.2, 0.25) is 5.91 Å². The van der Waals surface area contributed by atoms with Gasteiger partial charge < -0.3 is 10.4 Å². The molecule has 2 unspecified atom stereocenters. The fraction of sp³-hybridized carbons (Fsp3) is 0.583. The molecule has 0 fully saturated rings. The Morgan fingerprint density at radius 2 is 2.00 bits per heavy atom. The lowest BCUT2D eigenvalue weighted by atomic mass is 9.96. The molecule has 2 N–H and O–H groups in total. The number of nitrogens with zero attached hydrogens (tertiary/aromatic N) is 2. The average molecular weight is 253 g/mol. The number of rotatable bonds is 5. The van der Waals surface area contributed by atoms with E-state index in [0.717, 1.165) is 0 Å². The van der Waals surface area contributed by atoms with Crippen molar-refractivity contribution in [2.45, 2.75) is 26.8 Å². The van der Waals surface area contributed by atoms with Crippen LogP contribution in [0.25, 0.3) is 0 Å².